The van der Waals surface area contributed by atoms with Crippen molar-refractivity contribution in [2.45, 2.75) is 19.3 Å². The zero-order valence-corrected chi connectivity index (χ0v) is 13.1. The molecule has 3 rings (SSSR count). The first-order valence-corrected chi connectivity index (χ1v) is 7.36. The third kappa shape index (κ3) is 2.43. The highest BCUT2D eigenvalue weighted by molar-refractivity contribution is 5.98. The SMILES string of the molecule is COc1ccccc1-c1nc2c(c(N(C)C)n1)CCCC2=O. The lowest BCUT2D eigenvalue weighted by Gasteiger charge is -2.22. The lowest BCUT2D eigenvalue weighted by Crippen LogP contribution is -2.21. The molecule has 1 aliphatic carbocycles. The lowest BCUT2D eigenvalue weighted by molar-refractivity contribution is 0.0967. The van der Waals surface area contributed by atoms with Crippen molar-refractivity contribution in [1.82, 2.24) is 9.97 Å². The van der Waals surface area contributed by atoms with E-state index < -0.39 is 0 Å². The van der Waals surface area contributed by atoms with Gasteiger partial charge in [-0.15, -0.1) is 0 Å². The number of Topliss-reactive ketones (excluding diaryl/α,β-unsaturated/α-hetero) is 1. The van der Waals surface area contributed by atoms with Crippen LogP contribution in [0.3, 0.4) is 0 Å². The van der Waals surface area contributed by atoms with Crippen LogP contribution in [0.1, 0.15) is 28.9 Å². The van der Waals surface area contributed by atoms with E-state index in [1.807, 2.05) is 43.3 Å². The monoisotopic (exact) mass is 297 g/mol. The number of para-hydroxylation sites is 1. The molecule has 1 aromatic heterocycles. The number of carbonyl (C=O) groups is 1. The second-order valence-corrected chi connectivity index (χ2v) is 5.57. The van der Waals surface area contributed by atoms with Crippen molar-refractivity contribution in [3.05, 3.63) is 35.5 Å². The van der Waals surface area contributed by atoms with E-state index in [9.17, 15) is 4.79 Å². The number of carbonyl (C=O) groups excluding carboxylic acids is 1. The normalized spacial score (nSPS) is 13.7. The Labute approximate surface area is 130 Å². The molecule has 5 nitrogen and oxygen atoms in total. The Hall–Kier alpha value is -2.43. The van der Waals surface area contributed by atoms with Crippen LogP contribution in [0.5, 0.6) is 5.75 Å². The minimum atomic E-state index is 0.0999. The van der Waals surface area contributed by atoms with Crippen molar-refractivity contribution in [3.8, 4) is 17.1 Å². The van der Waals surface area contributed by atoms with E-state index in [0.717, 1.165) is 29.8 Å². The van der Waals surface area contributed by atoms with Crippen molar-refractivity contribution in [1.29, 1.82) is 0 Å². The van der Waals surface area contributed by atoms with Gasteiger partial charge in [-0.2, -0.15) is 0 Å². The summed E-state index contributed by atoms with van der Waals surface area (Å²) in [7, 11) is 5.50. The molecule has 0 amide bonds. The van der Waals surface area contributed by atoms with Gasteiger partial charge in [0, 0.05) is 26.1 Å². The van der Waals surface area contributed by atoms with Crippen LogP contribution in [0.4, 0.5) is 5.82 Å². The maximum absolute atomic E-state index is 12.3. The zero-order chi connectivity index (χ0) is 15.7. The molecule has 2 aromatic rings. The highest BCUT2D eigenvalue weighted by Crippen LogP contribution is 2.33. The Morgan fingerprint density at radius 1 is 1.14 bits per heavy atom. The number of benzene rings is 1. The summed E-state index contributed by atoms with van der Waals surface area (Å²) in [6.07, 6.45) is 2.27. The third-order valence-corrected chi connectivity index (χ3v) is 3.85. The number of fused-ring (bicyclic) bond motifs is 1. The summed E-state index contributed by atoms with van der Waals surface area (Å²) >= 11 is 0. The topological polar surface area (TPSA) is 55.3 Å². The molecule has 0 unspecified atom stereocenters. The van der Waals surface area contributed by atoms with E-state index in [1.54, 1.807) is 7.11 Å². The number of anilines is 1. The van der Waals surface area contributed by atoms with Gasteiger partial charge in [0.1, 0.15) is 17.3 Å². The van der Waals surface area contributed by atoms with Gasteiger partial charge in [0.05, 0.1) is 12.7 Å². The van der Waals surface area contributed by atoms with Crippen LogP contribution >= 0.6 is 0 Å². The molecule has 5 heteroatoms. The van der Waals surface area contributed by atoms with Crippen LogP contribution < -0.4 is 9.64 Å². The Morgan fingerprint density at radius 3 is 2.64 bits per heavy atom. The van der Waals surface area contributed by atoms with Crippen LogP contribution in [-0.2, 0) is 6.42 Å². The largest absolute Gasteiger partial charge is 0.496 e. The molecule has 0 saturated heterocycles. The highest BCUT2D eigenvalue weighted by atomic mass is 16.5. The quantitative estimate of drug-likeness (QED) is 0.872. The number of hydrogen-bond acceptors (Lipinski definition) is 5. The lowest BCUT2D eigenvalue weighted by atomic mass is 9.94. The fourth-order valence-corrected chi connectivity index (χ4v) is 2.80. The molecular weight excluding hydrogens is 278 g/mol. The van der Waals surface area contributed by atoms with Gasteiger partial charge < -0.3 is 9.64 Å². The van der Waals surface area contributed by atoms with E-state index in [4.69, 9.17) is 4.74 Å². The molecule has 1 aromatic carbocycles. The smallest absolute Gasteiger partial charge is 0.181 e. The summed E-state index contributed by atoms with van der Waals surface area (Å²) in [5.74, 6) is 2.16. The number of hydrogen-bond donors (Lipinski definition) is 0. The number of ether oxygens (including phenoxy) is 1. The third-order valence-electron chi connectivity index (χ3n) is 3.85. The van der Waals surface area contributed by atoms with Crippen molar-refractivity contribution in [2.75, 3.05) is 26.1 Å². The summed E-state index contributed by atoms with van der Waals surface area (Å²) < 4.78 is 5.39. The number of nitrogens with zero attached hydrogens (tertiary/aromatic N) is 3. The average molecular weight is 297 g/mol. The zero-order valence-electron chi connectivity index (χ0n) is 13.1. The maximum Gasteiger partial charge on any atom is 0.181 e. The summed E-state index contributed by atoms with van der Waals surface area (Å²) in [5, 5.41) is 0. The summed E-state index contributed by atoms with van der Waals surface area (Å²) in [6.45, 7) is 0. The van der Waals surface area contributed by atoms with Crippen LogP contribution in [0.15, 0.2) is 24.3 Å². The predicted octanol–water partition coefficient (Wildman–Crippen LogP) is 2.74. The molecular formula is C17H19N3O2. The molecule has 0 N–H and O–H groups in total. The molecule has 0 saturated carbocycles. The minimum absolute atomic E-state index is 0.0999. The molecule has 0 bridgehead atoms. The maximum atomic E-state index is 12.3. The highest BCUT2D eigenvalue weighted by Gasteiger charge is 2.25. The van der Waals surface area contributed by atoms with Crippen LogP contribution in [-0.4, -0.2) is 37.0 Å². The van der Waals surface area contributed by atoms with E-state index in [2.05, 4.69) is 9.97 Å². The Bertz CT molecular complexity index is 726. The predicted molar refractivity (Wildman–Crippen MR) is 85.6 cm³/mol. The van der Waals surface area contributed by atoms with Gasteiger partial charge in [-0.25, -0.2) is 9.97 Å². The molecule has 0 atom stereocenters. The molecule has 114 valence electrons. The minimum Gasteiger partial charge on any atom is -0.496 e. The second-order valence-electron chi connectivity index (χ2n) is 5.57. The first-order valence-electron chi connectivity index (χ1n) is 7.36. The first-order chi connectivity index (χ1) is 10.6. The van der Waals surface area contributed by atoms with Crippen molar-refractivity contribution < 1.29 is 9.53 Å². The molecule has 22 heavy (non-hydrogen) atoms. The van der Waals surface area contributed by atoms with Gasteiger partial charge in [0.2, 0.25) is 0 Å². The van der Waals surface area contributed by atoms with E-state index in [0.29, 0.717) is 23.7 Å². The number of ketones is 1. The van der Waals surface area contributed by atoms with E-state index in [-0.39, 0.29) is 5.78 Å². The molecule has 0 fully saturated rings. The first kappa shape index (κ1) is 14.5. The van der Waals surface area contributed by atoms with Crippen LogP contribution in [0.25, 0.3) is 11.4 Å². The van der Waals surface area contributed by atoms with Crippen molar-refractivity contribution in [2.24, 2.45) is 0 Å². The van der Waals surface area contributed by atoms with Gasteiger partial charge in [-0.3, -0.25) is 4.79 Å². The molecule has 0 radical (unpaired) electrons. The van der Waals surface area contributed by atoms with Gasteiger partial charge in [0.25, 0.3) is 0 Å². The Balaban J connectivity index is 2.23. The fraction of sp³-hybridized carbons (Fsp3) is 0.353. The van der Waals surface area contributed by atoms with Crippen molar-refractivity contribution >= 4 is 11.6 Å². The second kappa shape index (κ2) is 5.75. The van der Waals surface area contributed by atoms with Gasteiger partial charge in [-0.1, -0.05) is 12.1 Å². The summed E-state index contributed by atoms with van der Waals surface area (Å²) in [4.78, 5) is 23.4. The van der Waals surface area contributed by atoms with Gasteiger partial charge in [0.15, 0.2) is 11.6 Å². The molecule has 1 heterocycles. The fourth-order valence-electron chi connectivity index (χ4n) is 2.80. The Kier molecular flexibility index (Phi) is 3.79. The molecule has 0 aliphatic heterocycles. The number of methoxy groups -OCH3 is 1. The summed E-state index contributed by atoms with van der Waals surface area (Å²) in [5.41, 5.74) is 2.32. The number of aromatic nitrogens is 2. The summed E-state index contributed by atoms with van der Waals surface area (Å²) in [6, 6.07) is 7.60. The van der Waals surface area contributed by atoms with E-state index in [1.165, 1.54) is 0 Å². The standard InChI is InChI=1S/C17H19N3O2/c1-20(2)17-12-8-6-9-13(21)15(12)18-16(19-17)11-7-4-5-10-14(11)22-3/h4-5,7,10H,6,8-9H2,1-3H3. The Morgan fingerprint density at radius 2 is 1.91 bits per heavy atom. The van der Waals surface area contributed by atoms with E-state index >= 15 is 0 Å². The van der Waals surface area contributed by atoms with Crippen molar-refractivity contribution in [3.63, 3.8) is 0 Å². The van der Waals surface area contributed by atoms with Gasteiger partial charge >= 0.3 is 0 Å². The molecule has 1 aliphatic rings. The van der Waals surface area contributed by atoms with Gasteiger partial charge in [-0.05, 0) is 25.0 Å². The average Bonchev–Trinajstić information content (AvgIpc) is 2.54. The number of rotatable bonds is 3. The van der Waals surface area contributed by atoms with Crippen LogP contribution in [0.2, 0.25) is 0 Å². The molecule has 0 spiro atoms. The van der Waals surface area contributed by atoms with Crippen LogP contribution in [0, 0.1) is 0 Å².